The molecule has 2 aromatic rings. The quantitative estimate of drug-likeness (QED) is 0.501. The van der Waals surface area contributed by atoms with E-state index in [1.807, 2.05) is 0 Å². The highest BCUT2D eigenvalue weighted by molar-refractivity contribution is 5.91. The van der Waals surface area contributed by atoms with Crippen molar-refractivity contribution < 1.29 is 39.5 Å². The molecule has 0 aliphatic carbocycles. The van der Waals surface area contributed by atoms with Crippen LogP contribution in [0.25, 0.3) is 0 Å². The fourth-order valence-electron chi connectivity index (χ4n) is 2.88. The van der Waals surface area contributed by atoms with E-state index in [-0.39, 0.29) is 0 Å². The van der Waals surface area contributed by atoms with Gasteiger partial charge < -0.3 is 29.9 Å². The van der Waals surface area contributed by atoms with E-state index in [2.05, 4.69) is 0 Å². The summed E-state index contributed by atoms with van der Waals surface area (Å²) < 4.78 is 10.0. The number of rotatable bonds is 9. The summed E-state index contributed by atoms with van der Waals surface area (Å²) in [6.45, 7) is 0. The Morgan fingerprint density at radius 1 is 0.714 bits per heavy atom. The average molecular weight is 390 g/mol. The summed E-state index contributed by atoms with van der Waals surface area (Å²) in [6, 6.07) is 12.1. The number of hydrogen-bond acceptors (Lipinski definition) is 6. The van der Waals surface area contributed by atoms with Crippen LogP contribution in [-0.2, 0) is 22.4 Å². The molecule has 28 heavy (non-hydrogen) atoms. The number of methoxy groups -OCH3 is 2. The normalized spacial score (nSPS) is 15.1. The highest BCUT2D eigenvalue weighted by Crippen LogP contribution is 2.32. The molecular weight excluding hydrogens is 368 g/mol. The van der Waals surface area contributed by atoms with Crippen molar-refractivity contribution in [3.63, 3.8) is 0 Å². The zero-order valence-electron chi connectivity index (χ0n) is 15.5. The van der Waals surface area contributed by atoms with Gasteiger partial charge in [-0.15, -0.1) is 0 Å². The van der Waals surface area contributed by atoms with Crippen LogP contribution in [-0.4, -0.2) is 57.8 Å². The van der Waals surface area contributed by atoms with Crippen LogP contribution in [0.3, 0.4) is 0 Å². The van der Waals surface area contributed by atoms with Crippen LogP contribution < -0.4 is 9.47 Å². The summed E-state index contributed by atoms with van der Waals surface area (Å²) >= 11 is 0. The SMILES string of the molecule is COc1ccc(CC(O)(C(=O)O)C(O)(Cc2ccc(OC)cc2)C(=O)O)cc1. The topological polar surface area (TPSA) is 134 Å². The van der Waals surface area contributed by atoms with Gasteiger partial charge in [0.1, 0.15) is 11.5 Å². The maximum atomic E-state index is 11.9. The molecule has 0 amide bonds. The first-order chi connectivity index (χ1) is 13.2. The molecule has 150 valence electrons. The lowest BCUT2D eigenvalue weighted by Gasteiger charge is -2.37. The van der Waals surface area contributed by atoms with E-state index >= 15 is 0 Å². The molecule has 2 atom stereocenters. The molecular formula is C20H22O8. The van der Waals surface area contributed by atoms with E-state index in [0.29, 0.717) is 22.6 Å². The lowest BCUT2D eigenvalue weighted by Crippen LogP contribution is -2.66. The molecule has 0 heterocycles. The van der Waals surface area contributed by atoms with Gasteiger partial charge in [0.25, 0.3) is 0 Å². The monoisotopic (exact) mass is 390 g/mol. The number of hydrogen-bond donors (Lipinski definition) is 4. The van der Waals surface area contributed by atoms with Crippen LogP contribution in [0.4, 0.5) is 0 Å². The second-order valence-electron chi connectivity index (χ2n) is 6.38. The molecule has 2 rings (SSSR count). The number of aliphatic hydroxyl groups is 2. The maximum Gasteiger partial charge on any atom is 0.339 e. The van der Waals surface area contributed by atoms with Gasteiger partial charge in [0.2, 0.25) is 11.2 Å². The van der Waals surface area contributed by atoms with E-state index in [1.54, 1.807) is 24.3 Å². The lowest BCUT2D eigenvalue weighted by molar-refractivity contribution is -0.206. The summed E-state index contributed by atoms with van der Waals surface area (Å²) in [5.41, 5.74) is -5.32. The number of carbonyl (C=O) groups is 2. The molecule has 8 nitrogen and oxygen atoms in total. The standard InChI is InChI=1S/C20H22O8/c1-27-15-7-3-13(4-8-15)11-19(25,17(21)22)20(26,18(23)24)12-14-5-9-16(28-2)10-6-14/h3-10,25-26H,11-12H2,1-2H3,(H,21,22)(H,23,24). The van der Waals surface area contributed by atoms with E-state index < -0.39 is 36.0 Å². The van der Waals surface area contributed by atoms with Gasteiger partial charge >= 0.3 is 11.9 Å². The third kappa shape index (κ3) is 4.08. The largest absolute Gasteiger partial charge is 0.497 e. The Balaban J connectivity index is 2.42. The van der Waals surface area contributed by atoms with Gasteiger partial charge in [0.05, 0.1) is 14.2 Å². The molecule has 8 heteroatoms. The smallest absolute Gasteiger partial charge is 0.339 e. The molecule has 0 bridgehead atoms. The molecule has 0 saturated heterocycles. The van der Waals surface area contributed by atoms with Gasteiger partial charge in [0.15, 0.2) is 0 Å². The summed E-state index contributed by atoms with van der Waals surface area (Å²) in [5, 5.41) is 40.9. The van der Waals surface area contributed by atoms with Gasteiger partial charge in [-0.25, -0.2) is 9.59 Å². The summed E-state index contributed by atoms with van der Waals surface area (Å²) in [4.78, 5) is 23.7. The zero-order valence-corrected chi connectivity index (χ0v) is 15.5. The fraction of sp³-hybridized carbons (Fsp3) is 0.300. The van der Waals surface area contributed by atoms with Gasteiger partial charge in [0, 0.05) is 12.8 Å². The minimum Gasteiger partial charge on any atom is -0.497 e. The molecule has 0 fully saturated rings. The Hall–Kier alpha value is -3.10. The molecule has 0 saturated carbocycles. The van der Waals surface area contributed by atoms with Crippen molar-refractivity contribution in [1.82, 2.24) is 0 Å². The number of carboxylic acid groups (broad SMARTS) is 2. The summed E-state index contributed by atoms with van der Waals surface area (Å²) in [6.07, 6.45) is -1.24. The van der Waals surface area contributed by atoms with Gasteiger partial charge in [-0.3, -0.25) is 0 Å². The minimum absolute atomic E-state index is 0.320. The Bertz CT molecular complexity index is 759. The average Bonchev–Trinajstić information content (AvgIpc) is 2.68. The van der Waals surface area contributed by atoms with Crippen molar-refractivity contribution >= 4 is 11.9 Å². The first-order valence-corrected chi connectivity index (χ1v) is 8.33. The molecule has 0 radical (unpaired) electrons. The van der Waals surface area contributed by atoms with Crippen molar-refractivity contribution in [3.05, 3.63) is 59.7 Å². The van der Waals surface area contributed by atoms with Crippen LogP contribution in [0.15, 0.2) is 48.5 Å². The van der Waals surface area contributed by atoms with Crippen molar-refractivity contribution in [2.75, 3.05) is 14.2 Å². The third-order valence-electron chi connectivity index (χ3n) is 4.63. The Morgan fingerprint density at radius 2 is 1.00 bits per heavy atom. The molecule has 2 unspecified atom stereocenters. The molecule has 0 aromatic heterocycles. The second-order valence-corrected chi connectivity index (χ2v) is 6.38. The molecule has 0 aliphatic rings. The predicted octanol–water partition coefficient (Wildman–Crippen LogP) is 1.12. The van der Waals surface area contributed by atoms with E-state index in [0.717, 1.165) is 0 Å². The van der Waals surface area contributed by atoms with Crippen molar-refractivity contribution in [2.45, 2.75) is 24.0 Å². The predicted molar refractivity (Wildman–Crippen MR) is 98.6 cm³/mol. The van der Waals surface area contributed by atoms with E-state index in [9.17, 15) is 30.0 Å². The van der Waals surface area contributed by atoms with Gasteiger partial charge in [-0.2, -0.15) is 0 Å². The van der Waals surface area contributed by atoms with Crippen molar-refractivity contribution in [1.29, 1.82) is 0 Å². The number of carboxylic acids is 2. The fourth-order valence-corrected chi connectivity index (χ4v) is 2.88. The van der Waals surface area contributed by atoms with Gasteiger partial charge in [-0.1, -0.05) is 24.3 Å². The van der Waals surface area contributed by atoms with E-state index in [1.165, 1.54) is 38.5 Å². The van der Waals surface area contributed by atoms with E-state index in [4.69, 9.17) is 9.47 Å². The Labute approximate surface area is 161 Å². The Morgan fingerprint density at radius 3 is 1.21 bits per heavy atom. The molecule has 0 spiro atoms. The minimum atomic E-state index is -2.98. The molecule has 2 aromatic carbocycles. The number of ether oxygens (including phenoxy) is 2. The van der Waals surface area contributed by atoms with Crippen LogP contribution in [0.2, 0.25) is 0 Å². The van der Waals surface area contributed by atoms with Crippen LogP contribution in [0.1, 0.15) is 11.1 Å². The highest BCUT2D eigenvalue weighted by Gasteiger charge is 2.60. The molecule has 4 N–H and O–H groups in total. The summed E-state index contributed by atoms with van der Waals surface area (Å²) in [5.74, 6) is -2.67. The molecule has 0 aliphatic heterocycles. The van der Waals surface area contributed by atoms with Crippen molar-refractivity contribution in [3.8, 4) is 11.5 Å². The second kappa shape index (κ2) is 8.28. The van der Waals surface area contributed by atoms with Crippen LogP contribution in [0, 0.1) is 0 Å². The van der Waals surface area contributed by atoms with Gasteiger partial charge in [-0.05, 0) is 35.4 Å². The lowest BCUT2D eigenvalue weighted by atomic mass is 9.74. The van der Waals surface area contributed by atoms with Crippen LogP contribution >= 0.6 is 0 Å². The van der Waals surface area contributed by atoms with Crippen LogP contribution in [0.5, 0.6) is 11.5 Å². The first kappa shape index (κ1) is 21.2. The highest BCUT2D eigenvalue weighted by atomic mass is 16.5. The number of aliphatic carboxylic acids is 2. The number of benzene rings is 2. The summed E-state index contributed by atoms with van der Waals surface area (Å²) in [7, 11) is 2.92. The zero-order chi connectivity index (χ0) is 20.9. The maximum absolute atomic E-state index is 11.9. The Kier molecular flexibility index (Phi) is 6.27. The third-order valence-corrected chi connectivity index (χ3v) is 4.63. The first-order valence-electron chi connectivity index (χ1n) is 8.33. The van der Waals surface area contributed by atoms with Crippen molar-refractivity contribution in [2.24, 2.45) is 0 Å².